The molecule has 0 saturated heterocycles. The smallest absolute Gasteiger partial charge is 0.261 e. The van der Waals surface area contributed by atoms with Crippen LogP contribution in [0.4, 0.5) is 0 Å². The van der Waals surface area contributed by atoms with Crippen LogP contribution in [0.3, 0.4) is 0 Å². The Kier molecular flexibility index (Phi) is 9.94. The number of hydrogen-bond donors (Lipinski definition) is 1. The lowest BCUT2D eigenvalue weighted by Crippen LogP contribution is -2.50. The highest BCUT2D eigenvalue weighted by molar-refractivity contribution is 6.42. The second-order valence-electron chi connectivity index (χ2n) is 7.58. The van der Waals surface area contributed by atoms with E-state index in [-0.39, 0.29) is 25.0 Å². The Bertz CT molecular complexity index is 905. The molecule has 2 aromatic rings. The van der Waals surface area contributed by atoms with Crippen molar-refractivity contribution in [1.29, 1.82) is 0 Å². The van der Waals surface area contributed by atoms with Gasteiger partial charge in [-0.2, -0.15) is 0 Å². The van der Waals surface area contributed by atoms with Crippen molar-refractivity contribution in [3.63, 3.8) is 0 Å². The number of halogens is 3. The number of nitrogens with one attached hydrogen (secondary N) is 1. The highest BCUT2D eigenvalue weighted by Crippen LogP contribution is 2.24. The predicted molar refractivity (Wildman–Crippen MR) is 126 cm³/mol. The van der Waals surface area contributed by atoms with E-state index < -0.39 is 6.04 Å². The molecular formula is C23H27Cl3N2O3. The first-order valence-electron chi connectivity index (χ1n) is 10.1. The molecule has 5 nitrogen and oxygen atoms in total. The van der Waals surface area contributed by atoms with Crippen LogP contribution in [0.15, 0.2) is 42.5 Å². The lowest BCUT2D eigenvalue weighted by Gasteiger charge is -2.31. The van der Waals surface area contributed by atoms with Crippen molar-refractivity contribution < 1.29 is 14.3 Å². The maximum absolute atomic E-state index is 13.1. The normalized spacial score (nSPS) is 11.8. The monoisotopic (exact) mass is 484 g/mol. The summed E-state index contributed by atoms with van der Waals surface area (Å²) in [5.74, 6) is 0.254. The molecule has 0 heterocycles. The van der Waals surface area contributed by atoms with Crippen LogP contribution in [0.25, 0.3) is 0 Å². The summed E-state index contributed by atoms with van der Waals surface area (Å²) < 4.78 is 5.63. The topological polar surface area (TPSA) is 58.6 Å². The van der Waals surface area contributed by atoms with Gasteiger partial charge < -0.3 is 15.0 Å². The van der Waals surface area contributed by atoms with Crippen molar-refractivity contribution in [3.8, 4) is 5.75 Å². The second-order valence-corrected chi connectivity index (χ2v) is 8.83. The largest absolute Gasteiger partial charge is 0.484 e. The van der Waals surface area contributed by atoms with Gasteiger partial charge in [0.2, 0.25) is 5.91 Å². The summed E-state index contributed by atoms with van der Waals surface area (Å²) in [4.78, 5) is 27.5. The zero-order valence-electron chi connectivity index (χ0n) is 17.8. The van der Waals surface area contributed by atoms with Gasteiger partial charge in [-0.05, 0) is 48.2 Å². The van der Waals surface area contributed by atoms with Gasteiger partial charge in [0.25, 0.3) is 5.91 Å². The molecule has 0 aliphatic carbocycles. The Morgan fingerprint density at radius 2 is 1.81 bits per heavy atom. The molecule has 2 amide bonds. The molecule has 0 bridgehead atoms. The van der Waals surface area contributed by atoms with Gasteiger partial charge in [-0.15, -0.1) is 0 Å². The van der Waals surface area contributed by atoms with Gasteiger partial charge >= 0.3 is 0 Å². The summed E-state index contributed by atoms with van der Waals surface area (Å²) in [7, 11) is 0. The average molecular weight is 486 g/mol. The van der Waals surface area contributed by atoms with Crippen LogP contribution < -0.4 is 10.1 Å². The Balaban J connectivity index is 2.22. The molecule has 1 N–H and O–H groups in total. The summed E-state index contributed by atoms with van der Waals surface area (Å²) >= 11 is 18.1. The Morgan fingerprint density at radius 1 is 1.06 bits per heavy atom. The van der Waals surface area contributed by atoms with E-state index in [0.717, 1.165) is 5.56 Å². The summed E-state index contributed by atoms with van der Waals surface area (Å²) in [6, 6.07) is 11.3. The number of amides is 2. The maximum Gasteiger partial charge on any atom is 0.261 e. The SMILES string of the molecule is CC[C@H](C(=O)NCC(C)C)N(Cc1ccc(Cl)c(Cl)c1)C(=O)COc1cccc(Cl)c1. The molecule has 0 aliphatic heterocycles. The molecule has 8 heteroatoms. The molecule has 0 radical (unpaired) electrons. The van der Waals surface area contributed by atoms with Gasteiger partial charge in [0.05, 0.1) is 10.0 Å². The van der Waals surface area contributed by atoms with Crippen molar-refractivity contribution in [2.75, 3.05) is 13.2 Å². The molecule has 31 heavy (non-hydrogen) atoms. The van der Waals surface area contributed by atoms with Crippen molar-refractivity contribution >= 4 is 46.6 Å². The third kappa shape index (κ3) is 7.91. The predicted octanol–water partition coefficient (Wildman–Crippen LogP) is 5.61. The van der Waals surface area contributed by atoms with E-state index in [1.165, 1.54) is 4.90 Å². The molecular weight excluding hydrogens is 459 g/mol. The quantitative estimate of drug-likeness (QED) is 0.476. The zero-order chi connectivity index (χ0) is 23.0. The molecule has 168 valence electrons. The minimum atomic E-state index is -0.649. The highest BCUT2D eigenvalue weighted by atomic mass is 35.5. The summed E-state index contributed by atoms with van der Waals surface area (Å²) in [6.45, 7) is 6.39. The van der Waals surface area contributed by atoms with Gasteiger partial charge in [-0.25, -0.2) is 0 Å². The van der Waals surface area contributed by atoms with E-state index in [2.05, 4.69) is 5.32 Å². The highest BCUT2D eigenvalue weighted by Gasteiger charge is 2.29. The van der Waals surface area contributed by atoms with Crippen LogP contribution in [-0.2, 0) is 16.1 Å². The minimum absolute atomic E-state index is 0.197. The van der Waals surface area contributed by atoms with Crippen molar-refractivity contribution in [1.82, 2.24) is 10.2 Å². The average Bonchev–Trinajstić information content (AvgIpc) is 2.73. The third-order valence-electron chi connectivity index (χ3n) is 4.57. The number of nitrogens with zero attached hydrogens (tertiary/aromatic N) is 1. The first-order valence-corrected chi connectivity index (χ1v) is 11.2. The van der Waals surface area contributed by atoms with Gasteiger partial charge in [-0.1, -0.05) is 67.7 Å². The molecule has 2 aromatic carbocycles. The van der Waals surface area contributed by atoms with Gasteiger partial charge in [-0.3, -0.25) is 9.59 Å². The lowest BCUT2D eigenvalue weighted by atomic mass is 10.1. The molecule has 0 spiro atoms. The Hall–Kier alpha value is -1.95. The van der Waals surface area contributed by atoms with Gasteiger partial charge in [0, 0.05) is 18.1 Å². The molecule has 0 unspecified atom stereocenters. The van der Waals surface area contributed by atoms with E-state index in [9.17, 15) is 9.59 Å². The Morgan fingerprint density at radius 3 is 2.42 bits per heavy atom. The molecule has 0 aromatic heterocycles. The van der Waals surface area contributed by atoms with Crippen LogP contribution in [0.1, 0.15) is 32.8 Å². The van der Waals surface area contributed by atoms with Gasteiger partial charge in [0.15, 0.2) is 6.61 Å². The van der Waals surface area contributed by atoms with E-state index in [4.69, 9.17) is 39.5 Å². The zero-order valence-corrected chi connectivity index (χ0v) is 20.1. The van der Waals surface area contributed by atoms with Crippen molar-refractivity contribution in [2.45, 2.75) is 39.8 Å². The summed E-state index contributed by atoms with van der Waals surface area (Å²) in [5.41, 5.74) is 0.764. The standard InChI is InChI=1S/C23H27Cl3N2O3/c1-4-21(23(30)27-12-15(2)3)28(13-16-8-9-19(25)20(26)10-16)22(29)14-31-18-7-5-6-17(24)11-18/h5-11,15,21H,4,12-14H2,1-3H3,(H,27,30)/t21-/m1/s1. The van der Waals surface area contributed by atoms with Crippen LogP contribution in [0.2, 0.25) is 15.1 Å². The van der Waals surface area contributed by atoms with Crippen LogP contribution in [0.5, 0.6) is 5.75 Å². The molecule has 0 saturated carbocycles. The Labute approximate surface area is 198 Å². The number of rotatable bonds is 10. The van der Waals surface area contributed by atoms with E-state index in [0.29, 0.717) is 39.7 Å². The lowest BCUT2D eigenvalue weighted by molar-refractivity contribution is -0.143. The second kappa shape index (κ2) is 12.2. The fourth-order valence-electron chi connectivity index (χ4n) is 2.96. The number of hydrogen-bond acceptors (Lipinski definition) is 3. The number of ether oxygens (including phenoxy) is 1. The van der Waals surface area contributed by atoms with E-state index >= 15 is 0 Å². The van der Waals surface area contributed by atoms with E-state index in [1.54, 1.807) is 42.5 Å². The van der Waals surface area contributed by atoms with Crippen LogP contribution in [-0.4, -0.2) is 35.9 Å². The maximum atomic E-state index is 13.1. The number of benzene rings is 2. The number of carbonyl (C=O) groups is 2. The van der Waals surface area contributed by atoms with Crippen LogP contribution >= 0.6 is 34.8 Å². The first kappa shape index (κ1) is 25.3. The fraction of sp³-hybridized carbons (Fsp3) is 0.391. The number of carbonyl (C=O) groups excluding carboxylic acids is 2. The van der Waals surface area contributed by atoms with E-state index in [1.807, 2.05) is 20.8 Å². The molecule has 1 atom stereocenters. The van der Waals surface area contributed by atoms with Gasteiger partial charge in [0.1, 0.15) is 11.8 Å². The molecule has 0 fully saturated rings. The minimum Gasteiger partial charge on any atom is -0.484 e. The molecule has 0 aliphatic rings. The van der Waals surface area contributed by atoms with Crippen molar-refractivity contribution in [3.05, 3.63) is 63.1 Å². The summed E-state index contributed by atoms with van der Waals surface area (Å²) in [6.07, 6.45) is 0.453. The fourth-order valence-corrected chi connectivity index (χ4v) is 3.46. The summed E-state index contributed by atoms with van der Waals surface area (Å²) in [5, 5.41) is 4.24. The first-order chi connectivity index (χ1) is 14.7. The molecule has 2 rings (SSSR count). The van der Waals surface area contributed by atoms with Crippen LogP contribution in [0, 0.1) is 5.92 Å². The van der Waals surface area contributed by atoms with Crippen molar-refractivity contribution in [2.24, 2.45) is 5.92 Å². The third-order valence-corrected chi connectivity index (χ3v) is 5.54.